The van der Waals surface area contributed by atoms with Crippen molar-refractivity contribution in [2.45, 2.75) is 25.7 Å². The van der Waals surface area contributed by atoms with Gasteiger partial charge in [0.15, 0.2) is 0 Å². The van der Waals surface area contributed by atoms with Crippen LogP contribution in [0.25, 0.3) is 0 Å². The Morgan fingerprint density at radius 1 is 1.41 bits per heavy atom. The maximum Gasteiger partial charge on any atom is 0.226 e. The minimum absolute atomic E-state index is 0.196. The van der Waals surface area contributed by atoms with Crippen molar-refractivity contribution < 1.29 is 9.53 Å². The Labute approximate surface area is 103 Å². The number of methoxy groups -OCH3 is 1. The fourth-order valence-corrected chi connectivity index (χ4v) is 3.28. The standard InChI is InChI=1S/C13H24N2O2/c1-17-9-10-5-6-15(8-10)13(16)12-4-2-3-11(12)7-14/h10-12H,2-9,14H2,1H3. The third-order valence-electron chi connectivity index (χ3n) is 4.28. The average Bonchev–Trinajstić information content (AvgIpc) is 2.96. The highest BCUT2D eigenvalue weighted by Gasteiger charge is 2.37. The van der Waals surface area contributed by atoms with Crippen LogP contribution in [0, 0.1) is 17.8 Å². The van der Waals surface area contributed by atoms with Gasteiger partial charge in [0.25, 0.3) is 0 Å². The smallest absolute Gasteiger partial charge is 0.226 e. The Morgan fingerprint density at radius 3 is 2.94 bits per heavy atom. The number of rotatable bonds is 4. The molecule has 98 valence electrons. The van der Waals surface area contributed by atoms with Crippen LogP contribution in [0.1, 0.15) is 25.7 Å². The van der Waals surface area contributed by atoms with E-state index in [9.17, 15) is 4.79 Å². The van der Waals surface area contributed by atoms with E-state index in [2.05, 4.69) is 0 Å². The van der Waals surface area contributed by atoms with Crippen molar-refractivity contribution in [2.24, 2.45) is 23.5 Å². The Bertz CT molecular complexity index is 270. The number of carbonyl (C=O) groups is 1. The first kappa shape index (κ1) is 12.8. The summed E-state index contributed by atoms with van der Waals surface area (Å²) < 4.78 is 5.16. The maximum absolute atomic E-state index is 12.4. The Morgan fingerprint density at radius 2 is 2.24 bits per heavy atom. The fourth-order valence-electron chi connectivity index (χ4n) is 3.28. The molecule has 2 N–H and O–H groups in total. The molecule has 0 bridgehead atoms. The van der Waals surface area contributed by atoms with E-state index >= 15 is 0 Å². The lowest BCUT2D eigenvalue weighted by Crippen LogP contribution is -2.37. The van der Waals surface area contributed by atoms with Gasteiger partial charge in [-0.1, -0.05) is 6.42 Å². The molecule has 4 nitrogen and oxygen atoms in total. The van der Waals surface area contributed by atoms with Gasteiger partial charge in [0.1, 0.15) is 0 Å². The molecule has 0 aromatic carbocycles. The number of likely N-dealkylation sites (tertiary alicyclic amines) is 1. The van der Waals surface area contributed by atoms with Gasteiger partial charge in [0.2, 0.25) is 5.91 Å². The minimum Gasteiger partial charge on any atom is -0.384 e. The van der Waals surface area contributed by atoms with Crippen LogP contribution in [-0.2, 0) is 9.53 Å². The van der Waals surface area contributed by atoms with Gasteiger partial charge in [-0.15, -0.1) is 0 Å². The van der Waals surface area contributed by atoms with E-state index in [-0.39, 0.29) is 5.92 Å². The first-order valence-corrected chi connectivity index (χ1v) is 6.74. The van der Waals surface area contributed by atoms with Crippen molar-refractivity contribution in [1.82, 2.24) is 4.90 Å². The van der Waals surface area contributed by atoms with Crippen LogP contribution in [0.2, 0.25) is 0 Å². The summed E-state index contributed by atoms with van der Waals surface area (Å²) in [5.74, 6) is 1.49. The normalized spacial score (nSPS) is 33.3. The summed E-state index contributed by atoms with van der Waals surface area (Å²) in [6.45, 7) is 3.21. The van der Waals surface area contributed by atoms with Gasteiger partial charge in [-0.2, -0.15) is 0 Å². The maximum atomic E-state index is 12.4. The second kappa shape index (κ2) is 5.83. The first-order valence-electron chi connectivity index (χ1n) is 6.74. The van der Waals surface area contributed by atoms with Crippen molar-refractivity contribution in [3.8, 4) is 0 Å². The highest BCUT2D eigenvalue weighted by atomic mass is 16.5. The molecule has 1 heterocycles. The zero-order valence-corrected chi connectivity index (χ0v) is 10.7. The summed E-state index contributed by atoms with van der Waals surface area (Å²) in [5.41, 5.74) is 5.74. The van der Waals surface area contributed by atoms with E-state index in [0.29, 0.717) is 24.3 Å². The molecule has 3 unspecified atom stereocenters. The van der Waals surface area contributed by atoms with E-state index in [1.54, 1.807) is 7.11 Å². The van der Waals surface area contributed by atoms with Crippen molar-refractivity contribution in [3.05, 3.63) is 0 Å². The molecule has 0 aromatic rings. The number of hydrogen-bond donors (Lipinski definition) is 1. The van der Waals surface area contributed by atoms with Gasteiger partial charge in [0.05, 0.1) is 6.61 Å². The third-order valence-corrected chi connectivity index (χ3v) is 4.28. The molecule has 1 saturated carbocycles. The molecule has 4 heteroatoms. The van der Waals surface area contributed by atoms with Crippen LogP contribution < -0.4 is 5.73 Å². The number of hydrogen-bond acceptors (Lipinski definition) is 3. The van der Waals surface area contributed by atoms with Gasteiger partial charge in [-0.05, 0) is 31.7 Å². The second-order valence-electron chi connectivity index (χ2n) is 5.43. The summed E-state index contributed by atoms with van der Waals surface area (Å²) in [5, 5.41) is 0. The van der Waals surface area contributed by atoms with Gasteiger partial charge < -0.3 is 15.4 Å². The zero-order valence-electron chi connectivity index (χ0n) is 10.7. The van der Waals surface area contributed by atoms with Gasteiger partial charge in [0, 0.05) is 32.0 Å². The summed E-state index contributed by atoms with van der Waals surface area (Å²) in [6, 6.07) is 0. The molecular weight excluding hydrogens is 216 g/mol. The average molecular weight is 240 g/mol. The highest BCUT2D eigenvalue weighted by molar-refractivity contribution is 5.79. The Kier molecular flexibility index (Phi) is 4.40. The number of nitrogens with two attached hydrogens (primary N) is 1. The van der Waals surface area contributed by atoms with Gasteiger partial charge in [-0.3, -0.25) is 4.79 Å². The number of nitrogens with zero attached hydrogens (tertiary/aromatic N) is 1. The van der Waals surface area contributed by atoms with E-state index in [1.807, 2.05) is 4.90 Å². The molecule has 1 saturated heterocycles. The molecule has 1 amide bonds. The molecular formula is C13H24N2O2. The molecule has 17 heavy (non-hydrogen) atoms. The summed E-state index contributed by atoms with van der Waals surface area (Å²) >= 11 is 0. The molecule has 1 aliphatic carbocycles. The Balaban J connectivity index is 1.88. The SMILES string of the molecule is COCC1CCN(C(=O)C2CCCC2CN)C1. The van der Waals surface area contributed by atoms with Crippen LogP contribution in [0.3, 0.4) is 0 Å². The largest absolute Gasteiger partial charge is 0.384 e. The zero-order chi connectivity index (χ0) is 12.3. The van der Waals surface area contributed by atoms with E-state index < -0.39 is 0 Å². The second-order valence-corrected chi connectivity index (χ2v) is 5.43. The molecule has 0 aromatic heterocycles. The molecule has 2 rings (SSSR count). The van der Waals surface area contributed by atoms with E-state index in [1.165, 1.54) is 0 Å². The molecule has 1 aliphatic heterocycles. The highest BCUT2D eigenvalue weighted by Crippen LogP contribution is 2.33. The summed E-state index contributed by atoms with van der Waals surface area (Å²) in [4.78, 5) is 14.4. The molecule has 0 spiro atoms. The third kappa shape index (κ3) is 2.80. The summed E-state index contributed by atoms with van der Waals surface area (Å²) in [6.07, 6.45) is 4.40. The van der Waals surface area contributed by atoms with Crippen molar-refractivity contribution in [3.63, 3.8) is 0 Å². The fraction of sp³-hybridized carbons (Fsp3) is 0.923. The molecule has 2 fully saturated rings. The quantitative estimate of drug-likeness (QED) is 0.793. The lowest BCUT2D eigenvalue weighted by Gasteiger charge is -2.24. The predicted molar refractivity (Wildman–Crippen MR) is 66.4 cm³/mol. The molecule has 0 radical (unpaired) electrons. The van der Waals surface area contributed by atoms with Crippen molar-refractivity contribution >= 4 is 5.91 Å². The van der Waals surface area contributed by atoms with Crippen LogP contribution in [-0.4, -0.2) is 44.2 Å². The number of ether oxygens (including phenoxy) is 1. The number of amides is 1. The van der Waals surface area contributed by atoms with E-state index in [4.69, 9.17) is 10.5 Å². The van der Waals surface area contributed by atoms with Gasteiger partial charge in [-0.25, -0.2) is 0 Å². The van der Waals surface area contributed by atoms with Crippen LogP contribution >= 0.6 is 0 Å². The first-order chi connectivity index (χ1) is 8.26. The molecule has 3 atom stereocenters. The lowest BCUT2D eigenvalue weighted by molar-refractivity contribution is -0.135. The van der Waals surface area contributed by atoms with Crippen molar-refractivity contribution in [1.29, 1.82) is 0 Å². The minimum atomic E-state index is 0.196. The number of carbonyl (C=O) groups excluding carboxylic acids is 1. The monoisotopic (exact) mass is 240 g/mol. The summed E-state index contributed by atoms with van der Waals surface area (Å²) in [7, 11) is 1.73. The molecule has 2 aliphatic rings. The topological polar surface area (TPSA) is 55.6 Å². The van der Waals surface area contributed by atoms with Crippen molar-refractivity contribution in [2.75, 3.05) is 33.4 Å². The van der Waals surface area contributed by atoms with Gasteiger partial charge >= 0.3 is 0 Å². The lowest BCUT2D eigenvalue weighted by atomic mass is 9.95. The van der Waals surface area contributed by atoms with Crippen LogP contribution in [0.15, 0.2) is 0 Å². The predicted octanol–water partition coefficient (Wildman–Crippen LogP) is 0.856. The van der Waals surface area contributed by atoms with Crippen LogP contribution in [0.4, 0.5) is 0 Å². The van der Waals surface area contributed by atoms with E-state index in [0.717, 1.165) is 45.4 Å². The Hall–Kier alpha value is -0.610. The van der Waals surface area contributed by atoms with Crippen LogP contribution in [0.5, 0.6) is 0 Å².